The van der Waals surface area contributed by atoms with Gasteiger partial charge in [0.05, 0.1) is 6.54 Å². The van der Waals surface area contributed by atoms with E-state index in [1.807, 2.05) is 0 Å². The van der Waals surface area contributed by atoms with Crippen LogP contribution in [0.1, 0.15) is 12.8 Å². The molecule has 0 bridgehead atoms. The van der Waals surface area contributed by atoms with E-state index < -0.39 is 12.0 Å². The first kappa shape index (κ1) is 17.7. The van der Waals surface area contributed by atoms with Crippen molar-refractivity contribution in [1.82, 2.24) is 9.80 Å². The summed E-state index contributed by atoms with van der Waals surface area (Å²) in [5, 5.41) is 9.04. The maximum atomic E-state index is 12.0. The van der Waals surface area contributed by atoms with E-state index in [1.165, 1.54) is 0 Å². The molecule has 1 N–H and O–H groups in total. The van der Waals surface area contributed by atoms with Crippen molar-refractivity contribution in [2.24, 2.45) is 0 Å². The molecule has 0 aliphatic carbocycles. The van der Waals surface area contributed by atoms with E-state index in [1.54, 1.807) is 22.0 Å². The summed E-state index contributed by atoms with van der Waals surface area (Å²) < 4.78 is 0. The van der Waals surface area contributed by atoms with Crippen LogP contribution in [0.5, 0.6) is 0 Å². The molecule has 1 amide bonds. The van der Waals surface area contributed by atoms with Crippen LogP contribution >= 0.6 is 12.4 Å². The molecule has 5 nitrogen and oxygen atoms in total. The lowest BCUT2D eigenvalue weighted by molar-refractivity contribution is -0.143. The van der Waals surface area contributed by atoms with E-state index in [4.69, 9.17) is 5.11 Å². The molecule has 1 unspecified atom stereocenters. The van der Waals surface area contributed by atoms with Crippen LogP contribution in [-0.2, 0) is 9.59 Å². The van der Waals surface area contributed by atoms with Gasteiger partial charge in [0.15, 0.2) is 0 Å². The monoisotopic (exact) mass is 288 g/mol. The van der Waals surface area contributed by atoms with Gasteiger partial charge in [0, 0.05) is 13.1 Å². The first-order valence-corrected chi connectivity index (χ1v) is 6.06. The van der Waals surface area contributed by atoms with Crippen molar-refractivity contribution in [2.75, 3.05) is 26.2 Å². The quantitative estimate of drug-likeness (QED) is 0.714. The zero-order valence-electron chi connectivity index (χ0n) is 11.0. The Bertz CT molecular complexity index is 337. The molecule has 1 heterocycles. The maximum absolute atomic E-state index is 12.0. The van der Waals surface area contributed by atoms with Crippen LogP contribution in [0.15, 0.2) is 25.3 Å². The molecule has 108 valence electrons. The number of amides is 1. The third-order valence-corrected chi connectivity index (χ3v) is 3.04. The summed E-state index contributed by atoms with van der Waals surface area (Å²) >= 11 is 0. The largest absolute Gasteiger partial charge is 0.480 e. The Kier molecular flexibility index (Phi) is 8.11. The van der Waals surface area contributed by atoms with Gasteiger partial charge in [-0.05, 0) is 19.4 Å². The van der Waals surface area contributed by atoms with Crippen molar-refractivity contribution in [1.29, 1.82) is 0 Å². The van der Waals surface area contributed by atoms with E-state index in [0.717, 1.165) is 6.42 Å². The first-order valence-electron chi connectivity index (χ1n) is 6.06. The standard InChI is InChI=1S/C13H20N2O3.ClH/c1-3-7-14(8-4-2)12(16)10-15-9-5-6-11(15)13(17)18;/h3-4,11H,1-2,5-10H2,(H,17,18);1H. The second-order valence-electron chi connectivity index (χ2n) is 4.34. The zero-order chi connectivity index (χ0) is 13.5. The maximum Gasteiger partial charge on any atom is 0.320 e. The van der Waals surface area contributed by atoms with E-state index in [2.05, 4.69) is 13.2 Å². The molecule has 0 aromatic rings. The Morgan fingerprint density at radius 3 is 2.37 bits per heavy atom. The summed E-state index contributed by atoms with van der Waals surface area (Å²) in [6, 6.07) is -0.525. The van der Waals surface area contributed by atoms with Crippen molar-refractivity contribution in [3.63, 3.8) is 0 Å². The Labute approximate surface area is 120 Å². The lowest BCUT2D eigenvalue weighted by Crippen LogP contribution is -2.44. The molecule has 0 radical (unpaired) electrons. The number of halogens is 1. The molecule has 1 fully saturated rings. The van der Waals surface area contributed by atoms with Crippen LogP contribution in [0.25, 0.3) is 0 Å². The number of carboxylic acid groups (broad SMARTS) is 1. The van der Waals surface area contributed by atoms with Gasteiger partial charge in [-0.3, -0.25) is 14.5 Å². The average Bonchev–Trinajstić information content (AvgIpc) is 2.77. The first-order chi connectivity index (χ1) is 8.60. The zero-order valence-corrected chi connectivity index (χ0v) is 11.8. The van der Waals surface area contributed by atoms with Gasteiger partial charge in [0.2, 0.25) is 5.91 Å². The Balaban J connectivity index is 0.00000324. The smallest absolute Gasteiger partial charge is 0.320 e. The number of carbonyl (C=O) groups excluding carboxylic acids is 1. The lowest BCUT2D eigenvalue weighted by Gasteiger charge is -2.25. The minimum atomic E-state index is -0.848. The van der Waals surface area contributed by atoms with Gasteiger partial charge in [-0.15, -0.1) is 25.6 Å². The van der Waals surface area contributed by atoms with Crippen LogP contribution in [0.3, 0.4) is 0 Å². The predicted molar refractivity (Wildman–Crippen MR) is 76.5 cm³/mol. The molecule has 1 aliphatic rings. The van der Waals surface area contributed by atoms with Crippen molar-refractivity contribution < 1.29 is 14.7 Å². The fourth-order valence-corrected chi connectivity index (χ4v) is 2.16. The van der Waals surface area contributed by atoms with E-state index in [-0.39, 0.29) is 24.9 Å². The molecule has 0 saturated carbocycles. The Morgan fingerprint density at radius 2 is 1.89 bits per heavy atom. The molecular formula is C13H21ClN2O3. The van der Waals surface area contributed by atoms with Crippen molar-refractivity contribution in [3.8, 4) is 0 Å². The summed E-state index contributed by atoms with van der Waals surface area (Å²) in [6.45, 7) is 8.93. The van der Waals surface area contributed by atoms with Gasteiger partial charge in [-0.2, -0.15) is 0 Å². The highest BCUT2D eigenvalue weighted by Gasteiger charge is 2.32. The predicted octanol–water partition coefficient (Wildman–Crippen LogP) is 1.16. The Hall–Kier alpha value is -1.33. The van der Waals surface area contributed by atoms with Crippen LogP contribution < -0.4 is 0 Å². The van der Waals surface area contributed by atoms with E-state index in [0.29, 0.717) is 26.1 Å². The minimum Gasteiger partial charge on any atom is -0.480 e. The number of carbonyl (C=O) groups is 2. The number of carboxylic acids is 1. The molecular weight excluding hydrogens is 268 g/mol. The summed E-state index contributed by atoms with van der Waals surface area (Å²) in [7, 11) is 0. The average molecular weight is 289 g/mol. The van der Waals surface area contributed by atoms with E-state index >= 15 is 0 Å². The number of likely N-dealkylation sites (tertiary alicyclic amines) is 1. The highest BCUT2D eigenvalue weighted by molar-refractivity contribution is 5.85. The van der Waals surface area contributed by atoms with Crippen LogP contribution in [0, 0.1) is 0 Å². The fraction of sp³-hybridized carbons (Fsp3) is 0.538. The molecule has 19 heavy (non-hydrogen) atoms. The molecule has 1 rings (SSSR count). The molecule has 0 aromatic carbocycles. The van der Waals surface area contributed by atoms with Crippen molar-refractivity contribution in [3.05, 3.63) is 25.3 Å². The third-order valence-electron chi connectivity index (χ3n) is 3.04. The number of rotatable bonds is 7. The van der Waals surface area contributed by atoms with Crippen LogP contribution in [-0.4, -0.2) is 59.0 Å². The highest BCUT2D eigenvalue weighted by Crippen LogP contribution is 2.17. The molecule has 1 saturated heterocycles. The number of hydrogen-bond donors (Lipinski definition) is 1. The fourth-order valence-electron chi connectivity index (χ4n) is 2.16. The number of aliphatic carboxylic acids is 1. The number of hydrogen-bond acceptors (Lipinski definition) is 3. The third kappa shape index (κ3) is 5.04. The summed E-state index contributed by atoms with van der Waals surface area (Å²) in [5.41, 5.74) is 0. The molecule has 6 heteroatoms. The van der Waals surface area contributed by atoms with Crippen LogP contribution in [0.4, 0.5) is 0 Å². The molecule has 1 aliphatic heterocycles. The van der Waals surface area contributed by atoms with Crippen molar-refractivity contribution in [2.45, 2.75) is 18.9 Å². The minimum absolute atomic E-state index is 0. The molecule has 0 aromatic heterocycles. The van der Waals surface area contributed by atoms with Gasteiger partial charge in [-0.25, -0.2) is 0 Å². The summed E-state index contributed by atoms with van der Waals surface area (Å²) in [5.74, 6) is -0.928. The normalized spacial score (nSPS) is 18.4. The SMILES string of the molecule is C=CCN(CC=C)C(=O)CN1CCCC1C(=O)O.Cl. The summed E-state index contributed by atoms with van der Waals surface area (Å²) in [4.78, 5) is 26.4. The highest BCUT2D eigenvalue weighted by atomic mass is 35.5. The van der Waals surface area contributed by atoms with Gasteiger partial charge in [-0.1, -0.05) is 12.2 Å². The second kappa shape index (κ2) is 8.72. The Morgan fingerprint density at radius 1 is 1.32 bits per heavy atom. The van der Waals surface area contributed by atoms with Gasteiger partial charge in [0.1, 0.15) is 6.04 Å². The van der Waals surface area contributed by atoms with Crippen molar-refractivity contribution >= 4 is 24.3 Å². The van der Waals surface area contributed by atoms with Crippen LogP contribution in [0.2, 0.25) is 0 Å². The van der Waals surface area contributed by atoms with Gasteiger partial charge >= 0.3 is 5.97 Å². The second-order valence-corrected chi connectivity index (χ2v) is 4.34. The van der Waals surface area contributed by atoms with Gasteiger partial charge < -0.3 is 10.0 Å². The molecule has 1 atom stereocenters. The summed E-state index contributed by atoms with van der Waals surface area (Å²) in [6.07, 6.45) is 4.75. The van der Waals surface area contributed by atoms with E-state index in [9.17, 15) is 9.59 Å². The van der Waals surface area contributed by atoms with Gasteiger partial charge in [0.25, 0.3) is 0 Å². The topological polar surface area (TPSA) is 60.9 Å². The molecule has 0 spiro atoms. The number of nitrogens with zero attached hydrogens (tertiary/aromatic N) is 2. The lowest BCUT2D eigenvalue weighted by atomic mass is 10.2.